The van der Waals surface area contributed by atoms with Gasteiger partial charge >= 0.3 is 0 Å². The molecule has 0 spiro atoms. The molecule has 2 heterocycles. The Labute approximate surface area is 177 Å². The highest BCUT2D eigenvalue weighted by Crippen LogP contribution is 2.32. The molecule has 1 aliphatic rings. The molecule has 1 aromatic heterocycles. The highest BCUT2D eigenvalue weighted by Gasteiger charge is 2.28. The molecular weight excluding hydrogens is 455 g/mol. The van der Waals surface area contributed by atoms with Crippen LogP contribution in [0.3, 0.4) is 0 Å². The van der Waals surface area contributed by atoms with Gasteiger partial charge in [-0.15, -0.1) is 24.0 Å². The van der Waals surface area contributed by atoms with Gasteiger partial charge in [-0.05, 0) is 36.0 Å². The molecule has 1 saturated heterocycles. The number of rotatable bonds is 4. The van der Waals surface area contributed by atoms with Crippen LogP contribution >= 0.6 is 24.0 Å². The first-order valence-corrected chi connectivity index (χ1v) is 8.97. The zero-order chi connectivity index (χ0) is 18.5. The van der Waals surface area contributed by atoms with Gasteiger partial charge in [0.1, 0.15) is 5.76 Å². The van der Waals surface area contributed by atoms with Crippen molar-refractivity contribution < 1.29 is 9.21 Å². The summed E-state index contributed by atoms with van der Waals surface area (Å²) in [6, 6.07) is 14.1. The molecule has 0 bridgehead atoms. The van der Waals surface area contributed by atoms with Crippen molar-refractivity contribution in [2.45, 2.75) is 25.8 Å². The predicted octanol–water partition coefficient (Wildman–Crippen LogP) is 3.20. The van der Waals surface area contributed by atoms with Gasteiger partial charge in [0.25, 0.3) is 5.91 Å². The lowest BCUT2D eigenvalue weighted by Gasteiger charge is -2.38. The summed E-state index contributed by atoms with van der Waals surface area (Å²) < 4.78 is 5.41. The number of piperidine rings is 1. The second-order valence-corrected chi connectivity index (χ2v) is 6.76. The van der Waals surface area contributed by atoms with Gasteiger partial charge in [0.2, 0.25) is 0 Å². The number of furan rings is 1. The average Bonchev–Trinajstić information content (AvgIpc) is 3.12. The summed E-state index contributed by atoms with van der Waals surface area (Å²) in [5, 5.41) is 3.31. The van der Waals surface area contributed by atoms with E-state index >= 15 is 0 Å². The number of primary amides is 1. The maximum atomic E-state index is 11.1. The largest absolute Gasteiger partial charge is 0.454 e. The van der Waals surface area contributed by atoms with Crippen LogP contribution in [0.15, 0.2) is 51.9 Å². The third-order valence-corrected chi connectivity index (χ3v) is 4.97. The number of halogens is 1. The van der Waals surface area contributed by atoms with E-state index in [0.717, 1.165) is 25.5 Å². The van der Waals surface area contributed by atoms with Gasteiger partial charge in [0.05, 0.1) is 6.54 Å². The second kappa shape index (κ2) is 9.77. The number of hydrogen-bond donors (Lipinski definition) is 2. The van der Waals surface area contributed by atoms with Crippen LogP contribution in [0.1, 0.15) is 41.1 Å². The van der Waals surface area contributed by atoms with Gasteiger partial charge < -0.3 is 20.4 Å². The predicted molar refractivity (Wildman–Crippen MR) is 117 cm³/mol. The van der Waals surface area contributed by atoms with Crippen LogP contribution in [0, 0.1) is 5.92 Å². The summed E-state index contributed by atoms with van der Waals surface area (Å²) >= 11 is 0. The van der Waals surface area contributed by atoms with E-state index in [2.05, 4.69) is 52.5 Å². The first-order chi connectivity index (χ1) is 12.6. The number of nitrogens with two attached hydrogens (primary N) is 1. The molecule has 1 amide bonds. The third kappa shape index (κ3) is 5.24. The summed E-state index contributed by atoms with van der Waals surface area (Å²) in [6.45, 7) is 4.66. The van der Waals surface area contributed by atoms with Gasteiger partial charge in [0, 0.05) is 20.1 Å². The van der Waals surface area contributed by atoms with Gasteiger partial charge in [0.15, 0.2) is 11.7 Å². The van der Waals surface area contributed by atoms with E-state index in [4.69, 9.17) is 10.2 Å². The van der Waals surface area contributed by atoms with Crippen molar-refractivity contribution in [2.75, 3.05) is 20.1 Å². The summed E-state index contributed by atoms with van der Waals surface area (Å²) in [4.78, 5) is 17.8. The number of likely N-dealkylation sites (tertiary alicyclic amines) is 1. The van der Waals surface area contributed by atoms with Crippen LogP contribution in [0.5, 0.6) is 0 Å². The minimum Gasteiger partial charge on any atom is -0.454 e. The van der Waals surface area contributed by atoms with E-state index < -0.39 is 5.91 Å². The number of carbonyl (C=O) groups excluding carboxylic acids is 1. The number of guanidine groups is 1. The number of aliphatic imine (C=N–C) groups is 1. The number of hydrogen-bond acceptors (Lipinski definition) is 3. The maximum absolute atomic E-state index is 11.1. The SMILES string of the molecule is CN=C(NCc1ccc(C(N)=O)o1)N1CCC(c2ccccc2)C(C)C1.I. The Kier molecular flexibility index (Phi) is 7.70. The number of amides is 1. The Morgan fingerprint density at radius 2 is 2.04 bits per heavy atom. The number of carbonyl (C=O) groups is 1. The lowest BCUT2D eigenvalue weighted by molar-refractivity contribution is 0.0972. The zero-order valence-corrected chi connectivity index (χ0v) is 18.1. The van der Waals surface area contributed by atoms with Crippen molar-refractivity contribution in [3.05, 3.63) is 59.5 Å². The molecule has 2 unspecified atom stereocenters. The molecule has 6 nitrogen and oxygen atoms in total. The highest BCUT2D eigenvalue weighted by molar-refractivity contribution is 14.0. The minimum absolute atomic E-state index is 0. The molecule has 2 aromatic rings. The molecule has 2 atom stereocenters. The van der Waals surface area contributed by atoms with E-state index in [1.165, 1.54) is 5.56 Å². The maximum Gasteiger partial charge on any atom is 0.284 e. The van der Waals surface area contributed by atoms with E-state index in [-0.39, 0.29) is 29.7 Å². The van der Waals surface area contributed by atoms with E-state index in [1.54, 1.807) is 19.2 Å². The first-order valence-electron chi connectivity index (χ1n) is 8.97. The normalized spacial score (nSPS) is 20.1. The average molecular weight is 482 g/mol. The Morgan fingerprint density at radius 3 is 2.63 bits per heavy atom. The molecule has 0 aliphatic carbocycles. The molecule has 3 N–H and O–H groups in total. The summed E-state index contributed by atoms with van der Waals surface area (Å²) in [5.41, 5.74) is 6.63. The fraction of sp³-hybridized carbons (Fsp3) is 0.400. The lowest BCUT2D eigenvalue weighted by atomic mass is 9.82. The minimum atomic E-state index is -0.558. The van der Waals surface area contributed by atoms with E-state index in [0.29, 0.717) is 24.1 Å². The van der Waals surface area contributed by atoms with Gasteiger partial charge in [-0.1, -0.05) is 37.3 Å². The van der Waals surface area contributed by atoms with Crippen LogP contribution < -0.4 is 11.1 Å². The fourth-order valence-corrected chi connectivity index (χ4v) is 3.64. The quantitative estimate of drug-likeness (QED) is 0.399. The summed E-state index contributed by atoms with van der Waals surface area (Å²) in [7, 11) is 1.78. The highest BCUT2D eigenvalue weighted by atomic mass is 127. The van der Waals surface area contributed by atoms with Gasteiger partial charge in [-0.3, -0.25) is 9.79 Å². The zero-order valence-electron chi connectivity index (χ0n) is 15.7. The van der Waals surface area contributed by atoms with Gasteiger partial charge in [-0.2, -0.15) is 0 Å². The Morgan fingerprint density at radius 1 is 1.30 bits per heavy atom. The third-order valence-electron chi connectivity index (χ3n) is 4.97. The molecule has 27 heavy (non-hydrogen) atoms. The molecule has 1 aromatic carbocycles. The molecule has 1 fully saturated rings. The lowest BCUT2D eigenvalue weighted by Crippen LogP contribution is -2.47. The van der Waals surface area contributed by atoms with E-state index in [9.17, 15) is 4.79 Å². The molecule has 1 aliphatic heterocycles. The molecule has 0 saturated carbocycles. The second-order valence-electron chi connectivity index (χ2n) is 6.76. The van der Waals surface area contributed by atoms with Crippen LogP contribution in [-0.4, -0.2) is 36.9 Å². The van der Waals surface area contributed by atoms with Crippen molar-refractivity contribution in [1.82, 2.24) is 10.2 Å². The Balaban J connectivity index is 0.00000261. The van der Waals surface area contributed by atoms with Crippen LogP contribution in [0.2, 0.25) is 0 Å². The van der Waals surface area contributed by atoms with Crippen LogP contribution in [0.25, 0.3) is 0 Å². The van der Waals surface area contributed by atoms with Crippen molar-refractivity contribution in [3.63, 3.8) is 0 Å². The summed E-state index contributed by atoms with van der Waals surface area (Å²) in [6.07, 6.45) is 1.10. The first kappa shape index (κ1) is 21.3. The van der Waals surface area contributed by atoms with E-state index in [1.807, 2.05) is 0 Å². The number of nitrogens with one attached hydrogen (secondary N) is 1. The smallest absolute Gasteiger partial charge is 0.284 e. The molecule has 146 valence electrons. The molecule has 3 rings (SSSR count). The molecule has 0 radical (unpaired) electrons. The van der Waals surface area contributed by atoms with Crippen molar-refractivity contribution in [2.24, 2.45) is 16.6 Å². The van der Waals surface area contributed by atoms with Gasteiger partial charge in [-0.25, -0.2) is 0 Å². The molecule has 7 heteroatoms. The van der Waals surface area contributed by atoms with Crippen LogP contribution in [-0.2, 0) is 6.54 Å². The topological polar surface area (TPSA) is 83.9 Å². The van der Waals surface area contributed by atoms with Crippen molar-refractivity contribution in [3.8, 4) is 0 Å². The summed E-state index contributed by atoms with van der Waals surface area (Å²) in [5.74, 6) is 2.24. The van der Waals surface area contributed by atoms with Crippen LogP contribution in [0.4, 0.5) is 0 Å². The fourth-order valence-electron chi connectivity index (χ4n) is 3.64. The number of nitrogens with zero attached hydrogens (tertiary/aromatic N) is 2. The molecular formula is C20H27IN4O2. The number of benzene rings is 1. The Hall–Kier alpha value is -2.03. The van der Waals surface area contributed by atoms with Crippen molar-refractivity contribution in [1.29, 1.82) is 0 Å². The standard InChI is InChI=1S/C20H26N4O2.HI/c1-14-13-24(11-10-17(14)15-6-4-3-5-7-15)20(22-2)23-12-16-8-9-18(26-16)19(21)25;/h3-9,14,17H,10-13H2,1-2H3,(H2,21,25)(H,22,23);1H. The van der Waals surface area contributed by atoms with Crippen molar-refractivity contribution >= 4 is 35.8 Å². The Bertz CT molecular complexity index is 775. The monoisotopic (exact) mass is 482 g/mol.